The molecule has 0 unspecified atom stereocenters. The van der Waals surface area contributed by atoms with E-state index in [9.17, 15) is 4.79 Å². The molecule has 0 saturated carbocycles. The average Bonchev–Trinajstić information content (AvgIpc) is 2.92. The average molecular weight is 498 g/mol. The molecular weight excluding hydrogens is 463 g/mol. The zero-order chi connectivity index (χ0) is 25.4. The number of esters is 1. The SMILES string of the molecule is CCOC(=O)C(C)(C)Oc1ccc(CC[P+](c2ccccc2)(c2ccccc2)c2ccccc2)cc1. The molecule has 4 aromatic carbocycles. The highest BCUT2D eigenvalue weighted by Crippen LogP contribution is 2.55. The molecule has 0 atom stereocenters. The summed E-state index contributed by atoms with van der Waals surface area (Å²) >= 11 is 0. The summed E-state index contributed by atoms with van der Waals surface area (Å²) in [7, 11) is -1.88. The zero-order valence-electron chi connectivity index (χ0n) is 21.3. The van der Waals surface area contributed by atoms with Gasteiger partial charge >= 0.3 is 5.97 Å². The van der Waals surface area contributed by atoms with Gasteiger partial charge in [-0.3, -0.25) is 0 Å². The third-order valence-electron chi connectivity index (χ3n) is 6.39. The molecule has 0 heterocycles. The Hall–Kier alpha value is -3.42. The van der Waals surface area contributed by atoms with Crippen molar-refractivity contribution in [3.05, 3.63) is 121 Å². The van der Waals surface area contributed by atoms with Gasteiger partial charge in [0.1, 0.15) is 28.9 Å². The van der Waals surface area contributed by atoms with Crippen molar-refractivity contribution in [2.45, 2.75) is 32.8 Å². The number of aryl methyl sites for hydroxylation is 1. The van der Waals surface area contributed by atoms with Crippen LogP contribution in [0.3, 0.4) is 0 Å². The summed E-state index contributed by atoms with van der Waals surface area (Å²) in [5.74, 6) is 0.296. The molecule has 0 radical (unpaired) electrons. The van der Waals surface area contributed by atoms with E-state index >= 15 is 0 Å². The molecular formula is C32H34O3P+. The number of hydrogen-bond acceptors (Lipinski definition) is 3. The van der Waals surface area contributed by atoms with Crippen molar-refractivity contribution in [2.75, 3.05) is 12.8 Å². The van der Waals surface area contributed by atoms with E-state index in [0.29, 0.717) is 12.4 Å². The van der Waals surface area contributed by atoms with Crippen LogP contribution in [-0.4, -0.2) is 24.3 Å². The molecule has 0 aliphatic rings. The van der Waals surface area contributed by atoms with Gasteiger partial charge in [-0.2, -0.15) is 0 Å². The minimum Gasteiger partial charge on any atom is -0.476 e. The van der Waals surface area contributed by atoms with Gasteiger partial charge in [-0.25, -0.2) is 4.79 Å². The van der Waals surface area contributed by atoms with Gasteiger partial charge in [0.15, 0.2) is 5.60 Å². The van der Waals surface area contributed by atoms with E-state index in [0.717, 1.165) is 12.6 Å². The molecule has 4 aromatic rings. The molecule has 0 spiro atoms. The van der Waals surface area contributed by atoms with Crippen molar-refractivity contribution in [1.29, 1.82) is 0 Å². The lowest BCUT2D eigenvalue weighted by atomic mass is 10.1. The van der Waals surface area contributed by atoms with E-state index in [4.69, 9.17) is 9.47 Å². The molecule has 36 heavy (non-hydrogen) atoms. The molecule has 0 bridgehead atoms. The number of carbonyl (C=O) groups is 1. The quantitative estimate of drug-likeness (QED) is 0.201. The van der Waals surface area contributed by atoms with Gasteiger partial charge in [0.05, 0.1) is 12.8 Å². The monoisotopic (exact) mass is 497 g/mol. The molecule has 4 heteroatoms. The second-order valence-corrected chi connectivity index (χ2v) is 12.9. The third-order valence-corrected chi connectivity index (χ3v) is 10.8. The van der Waals surface area contributed by atoms with E-state index in [1.165, 1.54) is 21.5 Å². The van der Waals surface area contributed by atoms with Crippen LogP contribution < -0.4 is 20.7 Å². The maximum absolute atomic E-state index is 12.2. The van der Waals surface area contributed by atoms with Crippen LogP contribution in [0, 0.1) is 0 Å². The van der Waals surface area contributed by atoms with Crippen molar-refractivity contribution in [3.8, 4) is 5.75 Å². The van der Waals surface area contributed by atoms with Gasteiger partial charge in [-0.05, 0) is 74.9 Å². The lowest BCUT2D eigenvalue weighted by Gasteiger charge is -2.28. The first-order valence-corrected chi connectivity index (χ1v) is 14.4. The van der Waals surface area contributed by atoms with Gasteiger partial charge < -0.3 is 9.47 Å². The van der Waals surface area contributed by atoms with E-state index in [-0.39, 0.29) is 5.97 Å². The lowest BCUT2D eigenvalue weighted by molar-refractivity contribution is -0.158. The van der Waals surface area contributed by atoms with Gasteiger partial charge in [0.25, 0.3) is 0 Å². The molecule has 0 aromatic heterocycles. The Kier molecular flexibility index (Phi) is 8.23. The third kappa shape index (κ3) is 5.69. The molecule has 4 rings (SSSR count). The van der Waals surface area contributed by atoms with Crippen molar-refractivity contribution in [2.24, 2.45) is 0 Å². The first-order valence-electron chi connectivity index (χ1n) is 12.5. The molecule has 0 N–H and O–H groups in total. The van der Waals surface area contributed by atoms with Crippen LogP contribution in [0.2, 0.25) is 0 Å². The van der Waals surface area contributed by atoms with E-state index < -0.39 is 12.9 Å². The summed E-state index contributed by atoms with van der Waals surface area (Å²) in [6.45, 7) is 5.60. The highest BCUT2D eigenvalue weighted by Gasteiger charge is 2.44. The first-order chi connectivity index (χ1) is 17.5. The van der Waals surface area contributed by atoms with Crippen LogP contribution in [0.25, 0.3) is 0 Å². The van der Waals surface area contributed by atoms with E-state index in [1.807, 2.05) is 12.1 Å². The molecule has 0 aliphatic carbocycles. The summed E-state index contributed by atoms with van der Waals surface area (Å²) in [5, 5.41) is 4.16. The summed E-state index contributed by atoms with van der Waals surface area (Å²) in [5.41, 5.74) is 0.204. The minimum absolute atomic E-state index is 0.333. The molecule has 184 valence electrons. The maximum atomic E-state index is 12.2. The Bertz CT molecular complexity index is 1140. The van der Waals surface area contributed by atoms with Crippen molar-refractivity contribution in [3.63, 3.8) is 0 Å². The predicted octanol–water partition coefficient (Wildman–Crippen LogP) is 5.94. The number of hydrogen-bond donors (Lipinski definition) is 0. The molecule has 3 nitrogen and oxygen atoms in total. The minimum atomic E-state index is -1.88. The molecule has 0 saturated heterocycles. The van der Waals surface area contributed by atoms with Crippen LogP contribution in [-0.2, 0) is 16.0 Å². The maximum Gasteiger partial charge on any atom is 0.349 e. The van der Waals surface area contributed by atoms with Crippen LogP contribution in [0.5, 0.6) is 5.75 Å². The Balaban J connectivity index is 1.64. The summed E-state index contributed by atoms with van der Waals surface area (Å²) in [6, 6.07) is 40.9. The second-order valence-electron chi connectivity index (χ2n) is 9.27. The number of benzene rings is 4. The van der Waals surface area contributed by atoms with Gasteiger partial charge in [0, 0.05) is 6.42 Å². The number of ether oxygens (including phenoxy) is 2. The molecule has 0 aliphatic heterocycles. The second kappa shape index (κ2) is 11.5. The van der Waals surface area contributed by atoms with Crippen molar-refractivity contribution >= 4 is 29.1 Å². The van der Waals surface area contributed by atoms with Crippen molar-refractivity contribution in [1.82, 2.24) is 0 Å². The summed E-state index contributed by atoms with van der Waals surface area (Å²) in [4.78, 5) is 12.2. The van der Waals surface area contributed by atoms with Crippen LogP contribution in [0.4, 0.5) is 0 Å². The standard InChI is InChI=1S/C32H34O3P/c1-4-34-31(33)32(2,3)35-27-22-20-26(21-23-27)24-25-36(28-14-8-5-9-15-28,29-16-10-6-11-17-29)30-18-12-7-13-19-30/h5-23H,4,24-25H2,1-3H3/q+1. The van der Waals surface area contributed by atoms with Crippen LogP contribution in [0.1, 0.15) is 26.3 Å². The van der Waals surface area contributed by atoms with Crippen molar-refractivity contribution < 1.29 is 14.3 Å². The van der Waals surface area contributed by atoms with Crippen LogP contribution >= 0.6 is 7.26 Å². The topological polar surface area (TPSA) is 35.5 Å². The lowest BCUT2D eigenvalue weighted by Crippen LogP contribution is -2.39. The summed E-state index contributed by atoms with van der Waals surface area (Å²) in [6.07, 6.45) is 1.94. The predicted molar refractivity (Wildman–Crippen MR) is 152 cm³/mol. The summed E-state index contributed by atoms with van der Waals surface area (Å²) < 4.78 is 11.1. The van der Waals surface area contributed by atoms with Gasteiger partial charge in [-0.15, -0.1) is 0 Å². The molecule has 0 amide bonds. The van der Waals surface area contributed by atoms with E-state index in [2.05, 4.69) is 103 Å². The Morgan fingerprint density at radius 1 is 0.694 bits per heavy atom. The largest absolute Gasteiger partial charge is 0.476 e. The highest BCUT2D eigenvalue weighted by atomic mass is 31.2. The fraction of sp³-hybridized carbons (Fsp3) is 0.219. The zero-order valence-corrected chi connectivity index (χ0v) is 22.2. The number of carbonyl (C=O) groups excluding carboxylic acids is 1. The smallest absolute Gasteiger partial charge is 0.349 e. The fourth-order valence-corrected chi connectivity index (χ4v) is 8.85. The Labute approximate surface area is 215 Å². The molecule has 0 fully saturated rings. The van der Waals surface area contributed by atoms with E-state index in [1.54, 1.807) is 20.8 Å². The number of rotatable bonds is 10. The fourth-order valence-electron chi connectivity index (χ4n) is 4.54. The first kappa shape index (κ1) is 25.7. The van der Waals surface area contributed by atoms with Gasteiger partial charge in [-0.1, -0.05) is 66.7 Å². The van der Waals surface area contributed by atoms with Gasteiger partial charge in [0.2, 0.25) is 0 Å². The van der Waals surface area contributed by atoms with Crippen LogP contribution in [0.15, 0.2) is 115 Å². The normalized spacial score (nSPS) is 11.6. The Morgan fingerprint density at radius 2 is 1.14 bits per heavy atom. The Morgan fingerprint density at radius 3 is 1.56 bits per heavy atom. The highest BCUT2D eigenvalue weighted by molar-refractivity contribution is 7.95.